The second-order valence-corrected chi connectivity index (χ2v) is 5.84. The Labute approximate surface area is 118 Å². The number of morpholine rings is 1. The number of nitrogens with zero attached hydrogens (tertiary/aromatic N) is 3. The molecule has 2 aliphatic heterocycles. The highest BCUT2D eigenvalue weighted by Crippen LogP contribution is 2.31. The highest BCUT2D eigenvalue weighted by atomic mass is 35.5. The Morgan fingerprint density at radius 1 is 1.58 bits per heavy atom. The van der Waals surface area contributed by atoms with E-state index in [1.54, 1.807) is 6.20 Å². The lowest BCUT2D eigenvalue weighted by Crippen LogP contribution is -2.50. The molecule has 1 N–H and O–H groups in total. The Balaban J connectivity index is 1.79. The molecule has 0 radical (unpaired) electrons. The van der Waals surface area contributed by atoms with E-state index < -0.39 is 0 Å². The molecule has 3 atom stereocenters. The van der Waals surface area contributed by atoms with Crippen molar-refractivity contribution in [2.75, 3.05) is 26.7 Å². The first-order chi connectivity index (χ1) is 9.20. The summed E-state index contributed by atoms with van der Waals surface area (Å²) in [5.74, 6) is 0. The first-order valence-electron chi connectivity index (χ1n) is 6.91. The highest BCUT2D eigenvalue weighted by molar-refractivity contribution is 6.31. The molecule has 0 saturated carbocycles. The lowest BCUT2D eigenvalue weighted by atomic mass is 10.0. The molecule has 3 rings (SSSR count). The molecule has 1 aromatic heterocycles. The van der Waals surface area contributed by atoms with Gasteiger partial charge in [0, 0.05) is 19.6 Å². The van der Waals surface area contributed by atoms with Crippen molar-refractivity contribution in [2.24, 2.45) is 7.05 Å². The number of aromatic nitrogens is 2. The van der Waals surface area contributed by atoms with Crippen LogP contribution in [0.2, 0.25) is 5.02 Å². The van der Waals surface area contributed by atoms with E-state index >= 15 is 0 Å². The Bertz CT molecular complexity index is 430. The van der Waals surface area contributed by atoms with Crippen molar-refractivity contribution in [1.29, 1.82) is 0 Å². The molecule has 1 aromatic rings. The summed E-state index contributed by atoms with van der Waals surface area (Å²) in [6, 6.07) is 0.706. The zero-order chi connectivity index (χ0) is 13.4. The van der Waals surface area contributed by atoms with Crippen molar-refractivity contribution in [1.82, 2.24) is 20.0 Å². The molecule has 3 unspecified atom stereocenters. The van der Waals surface area contributed by atoms with Crippen molar-refractivity contribution in [3.8, 4) is 0 Å². The summed E-state index contributed by atoms with van der Waals surface area (Å²) in [6.07, 6.45) is 4.39. The number of halogens is 1. The number of hydrogen-bond acceptors (Lipinski definition) is 4. The summed E-state index contributed by atoms with van der Waals surface area (Å²) >= 11 is 6.26. The third-order valence-electron chi connectivity index (χ3n) is 4.33. The molecular weight excluding hydrogens is 264 g/mol. The first-order valence-corrected chi connectivity index (χ1v) is 7.29. The maximum absolute atomic E-state index is 6.26. The minimum Gasteiger partial charge on any atom is -0.373 e. The average molecular weight is 285 g/mol. The van der Waals surface area contributed by atoms with Crippen LogP contribution in [0.25, 0.3) is 0 Å². The van der Waals surface area contributed by atoms with E-state index in [4.69, 9.17) is 16.3 Å². The summed E-state index contributed by atoms with van der Waals surface area (Å²) in [6.45, 7) is 3.00. The Morgan fingerprint density at radius 2 is 2.42 bits per heavy atom. The summed E-state index contributed by atoms with van der Waals surface area (Å²) < 4.78 is 7.91. The van der Waals surface area contributed by atoms with Crippen LogP contribution in [-0.2, 0) is 11.8 Å². The fraction of sp³-hybridized carbons (Fsp3) is 0.769. The van der Waals surface area contributed by atoms with Gasteiger partial charge in [0.2, 0.25) is 0 Å². The lowest BCUT2D eigenvalue weighted by Gasteiger charge is -2.38. The Hall–Kier alpha value is -0.620. The van der Waals surface area contributed by atoms with Crippen LogP contribution in [0.15, 0.2) is 6.20 Å². The van der Waals surface area contributed by atoms with Crippen LogP contribution >= 0.6 is 11.6 Å². The highest BCUT2D eigenvalue weighted by Gasteiger charge is 2.37. The maximum Gasteiger partial charge on any atom is 0.0912 e. The van der Waals surface area contributed by atoms with Gasteiger partial charge in [-0.25, -0.2) is 0 Å². The standard InChI is InChI=1S/C13H21ClN4O/c1-15-12(13-10(14)6-16-17(13)2)11-7-18-5-3-4-9(18)8-19-11/h6,9,11-12,15H,3-5,7-8H2,1-2H3. The van der Waals surface area contributed by atoms with Gasteiger partial charge >= 0.3 is 0 Å². The molecule has 3 heterocycles. The number of likely N-dealkylation sites (N-methyl/N-ethyl adjacent to an activating group) is 1. The maximum atomic E-state index is 6.26. The van der Waals surface area contributed by atoms with Gasteiger partial charge in [0.15, 0.2) is 0 Å². The lowest BCUT2D eigenvalue weighted by molar-refractivity contribution is -0.0653. The van der Waals surface area contributed by atoms with Gasteiger partial charge in [0.25, 0.3) is 0 Å². The van der Waals surface area contributed by atoms with E-state index in [1.165, 1.54) is 19.4 Å². The third-order valence-corrected chi connectivity index (χ3v) is 4.62. The SMILES string of the molecule is CNC(c1c(Cl)cnn1C)C1CN2CCCC2CO1. The zero-order valence-electron chi connectivity index (χ0n) is 11.5. The van der Waals surface area contributed by atoms with Crippen molar-refractivity contribution >= 4 is 11.6 Å². The molecular formula is C13H21ClN4O. The van der Waals surface area contributed by atoms with Gasteiger partial charge in [0.1, 0.15) is 0 Å². The topological polar surface area (TPSA) is 42.3 Å². The van der Waals surface area contributed by atoms with Crippen LogP contribution in [0.5, 0.6) is 0 Å². The molecule has 0 amide bonds. The van der Waals surface area contributed by atoms with Crippen LogP contribution in [0.4, 0.5) is 0 Å². The van der Waals surface area contributed by atoms with Crippen molar-refractivity contribution in [2.45, 2.75) is 31.0 Å². The second-order valence-electron chi connectivity index (χ2n) is 5.43. The van der Waals surface area contributed by atoms with Crippen LogP contribution in [0.3, 0.4) is 0 Å². The summed E-state index contributed by atoms with van der Waals surface area (Å²) in [5, 5.41) is 8.26. The molecule has 5 nitrogen and oxygen atoms in total. The van der Waals surface area contributed by atoms with Gasteiger partial charge < -0.3 is 10.1 Å². The predicted octanol–water partition coefficient (Wildman–Crippen LogP) is 1.20. The van der Waals surface area contributed by atoms with Gasteiger partial charge in [-0.2, -0.15) is 5.10 Å². The zero-order valence-corrected chi connectivity index (χ0v) is 12.2. The number of rotatable bonds is 3. The van der Waals surface area contributed by atoms with Crippen LogP contribution < -0.4 is 5.32 Å². The third kappa shape index (κ3) is 2.40. The fourth-order valence-corrected chi connectivity index (χ4v) is 3.60. The van der Waals surface area contributed by atoms with E-state index in [2.05, 4.69) is 15.3 Å². The number of nitrogens with one attached hydrogen (secondary N) is 1. The average Bonchev–Trinajstić information content (AvgIpc) is 3.00. The first kappa shape index (κ1) is 13.4. The van der Waals surface area contributed by atoms with E-state index in [-0.39, 0.29) is 12.1 Å². The minimum atomic E-state index is 0.0848. The molecule has 0 spiro atoms. The van der Waals surface area contributed by atoms with Crippen molar-refractivity contribution in [3.05, 3.63) is 16.9 Å². The van der Waals surface area contributed by atoms with Crippen LogP contribution in [0, 0.1) is 0 Å². The number of aryl methyl sites for hydroxylation is 1. The largest absolute Gasteiger partial charge is 0.373 e. The van der Waals surface area contributed by atoms with Gasteiger partial charge in [-0.3, -0.25) is 9.58 Å². The predicted molar refractivity (Wildman–Crippen MR) is 74.4 cm³/mol. The smallest absolute Gasteiger partial charge is 0.0912 e. The summed E-state index contributed by atoms with van der Waals surface area (Å²) in [5.41, 5.74) is 1.01. The summed E-state index contributed by atoms with van der Waals surface area (Å²) in [7, 11) is 3.88. The van der Waals surface area contributed by atoms with Crippen LogP contribution in [-0.4, -0.2) is 53.6 Å². The minimum absolute atomic E-state index is 0.0848. The number of ether oxygens (including phenoxy) is 1. The monoisotopic (exact) mass is 284 g/mol. The van der Waals surface area contributed by atoms with Crippen molar-refractivity contribution < 1.29 is 4.74 Å². The normalized spacial score (nSPS) is 29.4. The van der Waals surface area contributed by atoms with Crippen molar-refractivity contribution in [3.63, 3.8) is 0 Å². The van der Waals surface area contributed by atoms with Crippen LogP contribution in [0.1, 0.15) is 24.6 Å². The van der Waals surface area contributed by atoms with Gasteiger partial charge in [-0.15, -0.1) is 0 Å². The molecule has 0 aliphatic carbocycles. The molecule has 19 heavy (non-hydrogen) atoms. The molecule has 0 aromatic carbocycles. The van der Waals surface area contributed by atoms with E-state index in [0.717, 1.165) is 18.8 Å². The van der Waals surface area contributed by atoms with E-state index in [9.17, 15) is 0 Å². The van der Waals surface area contributed by atoms with E-state index in [1.807, 2.05) is 18.8 Å². The van der Waals surface area contributed by atoms with E-state index in [0.29, 0.717) is 11.1 Å². The quantitative estimate of drug-likeness (QED) is 0.906. The molecule has 2 aliphatic rings. The number of fused-ring (bicyclic) bond motifs is 1. The molecule has 106 valence electrons. The Kier molecular flexibility index (Phi) is 3.80. The molecule has 2 fully saturated rings. The van der Waals surface area contributed by atoms with Gasteiger partial charge in [-0.1, -0.05) is 11.6 Å². The second kappa shape index (κ2) is 5.40. The van der Waals surface area contributed by atoms with Gasteiger partial charge in [-0.05, 0) is 26.4 Å². The molecule has 6 heteroatoms. The molecule has 0 bridgehead atoms. The molecule has 2 saturated heterocycles. The number of hydrogen-bond donors (Lipinski definition) is 1. The summed E-state index contributed by atoms with van der Waals surface area (Å²) in [4.78, 5) is 2.54. The Morgan fingerprint density at radius 3 is 3.11 bits per heavy atom. The van der Waals surface area contributed by atoms with Gasteiger partial charge in [0.05, 0.1) is 35.7 Å². The fourth-order valence-electron chi connectivity index (χ4n) is 3.31.